The molecule has 0 fully saturated rings. The van der Waals surface area contributed by atoms with Crippen LogP contribution in [0.1, 0.15) is 6.04 Å². The van der Waals surface area contributed by atoms with Crippen molar-refractivity contribution in [3.05, 3.63) is 24.3 Å². The van der Waals surface area contributed by atoms with E-state index < -0.39 is 24.2 Å². The Bertz CT molecular complexity index is 724. The second-order valence-electron chi connectivity index (χ2n) is 4.50. The van der Waals surface area contributed by atoms with Gasteiger partial charge in [-0.05, 0) is 6.08 Å². The summed E-state index contributed by atoms with van der Waals surface area (Å²) in [6.45, 7) is 0. The zero-order chi connectivity index (χ0) is 14.4. The third kappa shape index (κ3) is 1.64. The van der Waals surface area contributed by atoms with Gasteiger partial charge in [0.05, 0.1) is 12.4 Å². The van der Waals surface area contributed by atoms with E-state index in [0.717, 1.165) is 0 Å². The Kier molecular flexibility index (Phi) is 2.66. The molecular weight excluding hydrogens is 264 g/mol. The highest BCUT2D eigenvalue weighted by Crippen LogP contribution is 2.31. The summed E-state index contributed by atoms with van der Waals surface area (Å²) in [5.41, 5.74) is 11.6. The van der Waals surface area contributed by atoms with Crippen LogP contribution in [-0.4, -0.2) is 47.8 Å². The Morgan fingerprint density at radius 3 is 2.70 bits per heavy atom. The first-order valence-electron chi connectivity index (χ1n) is 5.81. The van der Waals surface area contributed by atoms with E-state index in [1.54, 1.807) is 0 Å². The zero-order valence-corrected chi connectivity index (χ0v) is 10.2. The van der Waals surface area contributed by atoms with Gasteiger partial charge < -0.3 is 26.2 Å². The van der Waals surface area contributed by atoms with Crippen molar-refractivity contribution in [3.8, 4) is 0 Å². The van der Waals surface area contributed by atoms with Crippen LogP contribution in [-0.2, 0) is 4.79 Å². The molecular formula is C11H12N6O3. The predicted octanol–water partition coefficient (Wildman–Crippen LogP) is -1.90. The fourth-order valence-electron chi connectivity index (χ4n) is 2.31. The molecule has 9 nitrogen and oxygen atoms in total. The Morgan fingerprint density at radius 2 is 2.05 bits per heavy atom. The largest absolute Gasteiger partial charge is 0.388 e. The van der Waals surface area contributed by atoms with Crippen LogP contribution in [0.4, 0.5) is 5.82 Å². The van der Waals surface area contributed by atoms with Crippen molar-refractivity contribution in [2.24, 2.45) is 5.73 Å². The molecule has 0 aromatic carbocycles. The Balaban J connectivity index is 2.12. The average Bonchev–Trinajstić information content (AvgIpc) is 2.94. The normalized spacial score (nSPS) is 25.9. The number of carbonyl (C=O) groups is 1. The maximum atomic E-state index is 11.2. The topological polar surface area (TPSA) is 153 Å². The summed E-state index contributed by atoms with van der Waals surface area (Å²) in [4.78, 5) is 23.1. The molecule has 0 bridgehead atoms. The molecule has 1 amide bonds. The summed E-state index contributed by atoms with van der Waals surface area (Å²) in [5, 5.41) is 19.9. The van der Waals surface area contributed by atoms with E-state index in [0.29, 0.717) is 11.2 Å². The SMILES string of the molecule is NC(=O)C1=C[C@@H](n2cnc3c(N)ncnc32)[C@H](O)[C@@H]1O. The average molecular weight is 276 g/mol. The Hall–Kier alpha value is -2.52. The lowest BCUT2D eigenvalue weighted by Gasteiger charge is -2.18. The van der Waals surface area contributed by atoms with Crippen LogP contribution in [0.5, 0.6) is 0 Å². The van der Waals surface area contributed by atoms with Crippen LogP contribution in [0.3, 0.4) is 0 Å². The first-order valence-corrected chi connectivity index (χ1v) is 5.81. The number of aromatic nitrogens is 4. The smallest absolute Gasteiger partial charge is 0.247 e. The fraction of sp³-hybridized carbons (Fsp3) is 0.273. The van der Waals surface area contributed by atoms with Gasteiger partial charge in [0.2, 0.25) is 5.91 Å². The van der Waals surface area contributed by atoms with Gasteiger partial charge in [0, 0.05) is 5.57 Å². The van der Waals surface area contributed by atoms with Gasteiger partial charge in [-0.1, -0.05) is 0 Å². The highest BCUT2D eigenvalue weighted by atomic mass is 16.3. The van der Waals surface area contributed by atoms with E-state index in [9.17, 15) is 15.0 Å². The van der Waals surface area contributed by atoms with E-state index in [1.165, 1.54) is 23.3 Å². The van der Waals surface area contributed by atoms with E-state index >= 15 is 0 Å². The number of hydrogen-bond acceptors (Lipinski definition) is 7. The summed E-state index contributed by atoms with van der Waals surface area (Å²) >= 11 is 0. The van der Waals surface area contributed by atoms with Gasteiger partial charge in [-0.15, -0.1) is 0 Å². The summed E-state index contributed by atoms with van der Waals surface area (Å²) in [7, 11) is 0. The molecule has 0 aliphatic heterocycles. The molecule has 20 heavy (non-hydrogen) atoms. The molecule has 0 saturated carbocycles. The van der Waals surface area contributed by atoms with Crippen molar-refractivity contribution in [1.29, 1.82) is 0 Å². The maximum absolute atomic E-state index is 11.2. The molecule has 6 N–H and O–H groups in total. The van der Waals surface area contributed by atoms with E-state index in [-0.39, 0.29) is 11.4 Å². The minimum absolute atomic E-state index is 0.0358. The molecule has 0 radical (unpaired) electrons. The van der Waals surface area contributed by atoms with Gasteiger partial charge in [-0.3, -0.25) is 4.79 Å². The van der Waals surface area contributed by atoms with Crippen LogP contribution in [0.15, 0.2) is 24.3 Å². The third-order valence-corrected chi connectivity index (χ3v) is 3.34. The van der Waals surface area contributed by atoms with Crippen molar-refractivity contribution < 1.29 is 15.0 Å². The van der Waals surface area contributed by atoms with E-state index in [4.69, 9.17) is 11.5 Å². The van der Waals surface area contributed by atoms with Crippen LogP contribution in [0, 0.1) is 0 Å². The highest BCUT2D eigenvalue weighted by Gasteiger charge is 2.38. The van der Waals surface area contributed by atoms with Crippen molar-refractivity contribution in [3.63, 3.8) is 0 Å². The number of hydrogen-bond donors (Lipinski definition) is 4. The number of amides is 1. The summed E-state index contributed by atoms with van der Waals surface area (Å²) < 4.78 is 1.51. The predicted molar refractivity (Wildman–Crippen MR) is 68.1 cm³/mol. The first kappa shape index (κ1) is 12.5. The number of fused-ring (bicyclic) bond motifs is 1. The molecule has 1 aliphatic carbocycles. The number of nitrogens with two attached hydrogens (primary N) is 2. The van der Waals surface area contributed by atoms with E-state index in [1.807, 2.05) is 0 Å². The van der Waals surface area contributed by atoms with Crippen LogP contribution >= 0.6 is 0 Å². The van der Waals surface area contributed by atoms with Crippen LogP contribution in [0.25, 0.3) is 11.2 Å². The number of primary amides is 1. The number of imidazole rings is 1. The quantitative estimate of drug-likeness (QED) is 0.499. The number of aliphatic hydroxyl groups is 2. The minimum Gasteiger partial charge on any atom is -0.388 e. The highest BCUT2D eigenvalue weighted by molar-refractivity contribution is 5.94. The van der Waals surface area contributed by atoms with Crippen molar-refractivity contribution in [2.75, 3.05) is 5.73 Å². The molecule has 104 valence electrons. The minimum atomic E-state index is -1.34. The summed E-state index contributed by atoms with van der Waals surface area (Å²) in [6.07, 6.45) is 1.53. The number of anilines is 1. The number of rotatable bonds is 2. The third-order valence-electron chi connectivity index (χ3n) is 3.34. The lowest BCUT2D eigenvalue weighted by atomic mass is 10.1. The lowest BCUT2D eigenvalue weighted by molar-refractivity contribution is -0.116. The fourth-order valence-corrected chi connectivity index (χ4v) is 2.31. The molecule has 1 aliphatic rings. The Morgan fingerprint density at radius 1 is 1.30 bits per heavy atom. The number of nitrogen functional groups attached to an aromatic ring is 1. The van der Waals surface area contributed by atoms with E-state index in [2.05, 4.69) is 15.0 Å². The molecule has 3 rings (SSSR count). The lowest BCUT2D eigenvalue weighted by Crippen LogP contribution is -2.32. The van der Waals surface area contributed by atoms with Gasteiger partial charge in [-0.2, -0.15) is 0 Å². The molecule has 9 heteroatoms. The molecule has 2 aromatic heterocycles. The van der Waals surface area contributed by atoms with Crippen LogP contribution < -0.4 is 11.5 Å². The zero-order valence-electron chi connectivity index (χ0n) is 10.2. The van der Waals surface area contributed by atoms with Gasteiger partial charge >= 0.3 is 0 Å². The first-order chi connectivity index (χ1) is 9.50. The van der Waals surface area contributed by atoms with Gasteiger partial charge in [0.25, 0.3) is 0 Å². The second kappa shape index (κ2) is 4.25. The summed E-state index contributed by atoms with van der Waals surface area (Å²) in [5.74, 6) is -0.571. The van der Waals surface area contributed by atoms with Crippen molar-refractivity contribution in [1.82, 2.24) is 19.5 Å². The number of aliphatic hydroxyl groups excluding tert-OH is 2. The van der Waals surface area contributed by atoms with Gasteiger partial charge in [-0.25, -0.2) is 15.0 Å². The second-order valence-corrected chi connectivity index (χ2v) is 4.50. The van der Waals surface area contributed by atoms with Crippen molar-refractivity contribution in [2.45, 2.75) is 18.2 Å². The number of carbonyl (C=O) groups excluding carboxylic acids is 1. The standard InChI is InChI=1S/C11H12N6O3/c12-9-6-11(15-2-14-9)17(3-16-6)5-1-4(10(13)20)7(18)8(5)19/h1-3,5,7-8,18-19H,(H2,13,20)(H2,12,14,15)/t5-,7-,8+/m1/s1. The van der Waals surface area contributed by atoms with Gasteiger partial charge in [0.15, 0.2) is 11.5 Å². The molecule has 0 saturated heterocycles. The van der Waals surface area contributed by atoms with Gasteiger partial charge in [0.1, 0.15) is 24.1 Å². The molecule has 2 aromatic rings. The Labute approximate surface area is 112 Å². The maximum Gasteiger partial charge on any atom is 0.247 e. The molecule has 0 unspecified atom stereocenters. The molecule has 2 heterocycles. The molecule has 3 atom stereocenters. The summed E-state index contributed by atoms with van der Waals surface area (Å²) in [6, 6.07) is -0.702. The van der Waals surface area contributed by atoms with Crippen molar-refractivity contribution >= 4 is 22.9 Å². The molecule has 0 spiro atoms. The monoisotopic (exact) mass is 276 g/mol. The number of nitrogens with zero attached hydrogens (tertiary/aromatic N) is 4. The van der Waals surface area contributed by atoms with Crippen LogP contribution in [0.2, 0.25) is 0 Å².